The summed E-state index contributed by atoms with van der Waals surface area (Å²) in [5, 5.41) is 0. The van der Waals surface area contributed by atoms with E-state index in [0.29, 0.717) is 22.8 Å². The Balaban J connectivity index is -0.0000000534. The maximum absolute atomic E-state index is 3.15. The van der Waals surface area contributed by atoms with Gasteiger partial charge in [0, 0.05) is 0 Å². The van der Waals surface area contributed by atoms with Crippen molar-refractivity contribution >= 4 is 156 Å². The third-order valence-electron chi connectivity index (χ3n) is 4.74. The predicted molar refractivity (Wildman–Crippen MR) is 293 cm³/mol. The molecule has 0 aromatic rings. The molecule has 0 spiro atoms. The zero-order chi connectivity index (χ0) is 27.4. The average molecular weight is 964 g/mol. The minimum absolute atomic E-state index is 0. The molecular weight excluding hydrogens is 877 g/mol. The molecule has 0 aliphatic carbocycles. The van der Waals surface area contributed by atoms with Crippen molar-refractivity contribution in [3.05, 3.63) is 0 Å². The Morgan fingerprint density at radius 2 is 1.12 bits per heavy atom. The van der Waals surface area contributed by atoms with Crippen molar-refractivity contribution in [3.63, 3.8) is 0 Å². The maximum Gasteiger partial charge on any atom is -0.00364 e. The summed E-state index contributed by atoms with van der Waals surface area (Å²) in [6.45, 7) is 12.3. The normalized spacial score (nSPS) is 14.8. The number of rotatable bonds is 20. The first-order valence-electron chi connectivity index (χ1n) is 11.5. The Labute approximate surface area is 313 Å². The molecule has 0 saturated heterocycles. The highest BCUT2D eigenvalue weighted by molar-refractivity contribution is 8.74. The summed E-state index contributed by atoms with van der Waals surface area (Å²) >= 11 is 0. The second-order valence-electron chi connectivity index (χ2n) is 8.44. The van der Waals surface area contributed by atoms with Gasteiger partial charge in [0.1, 0.15) is 0 Å². The van der Waals surface area contributed by atoms with E-state index < -0.39 is 0 Å². The van der Waals surface area contributed by atoms with Gasteiger partial charge in [-0.25, -0.2) is 0 Å². The van der Waals surface area contributed by atoms with Gasteiger partial charge in [-0.2, -0.15) is 0 Å². The van der Waals surface area contributed by atoms with Gasteiger partial charge in [0.25, 0.3) is 0 Å². The largest absolute Gasteiger partial charge is 0.117 e. The van der Waals surface area contributed by atoms with E-state index in [1.807, 2.05) is 0 Å². The van der Waals surface area contributed by atoms with E-state index in [1.165, 1.54) is 57.9 Å². The summed E-state index contributed by atoms with van der Waals surface area (Å²) in [6, 6.07) is 0. The van der Waals surface area contributed by atoms with E-state index in [9.17, 15) is 0 Å². The van der Waals surface area contributed by atoms with E-state index in [-0.39, 0.29) is 96.2 Å². The molecule has 278 valence electrons. The van der Waals surface area contributed by atoms with Crippen LogP contribution < -0.4 is 0 Å². The first-order chi connectivity index (χ1) is 16.4. The van der Waals surface area contributed by atoms with Crippen LogP contribution in [-0.2, 0) is 0 Å². The molecule has 19 heteroatoms. The van der Waals surface area contributed by atoms with Gasteiger partial charge in [-0.15, -0.1) is 80.0 Å². The molecule has 0 amide bonds. The van der Waals surface area contributed by atoms with Crippen molar-refractivity contribution in [2.45, 2.75) is 86.6 Å². The zero-order valence-electron chi connectivity index (χ0n) is 22.3. The van der Waals surface area contributed by atoms with Crippen molar-refractivity contribution < 1.29 is 0 Å². The van der Waals surface area contributed by atoms with Crippen LogP contribution in [0.25, 0.3) is 0 Å². The van der Waals surface area contributed by atoms with Crippen molar-refractivity contribution in [1.29, 1.82) is 0 Å². The fourth-order valence-electron chi connectivity index (χ4n) is 2.43. The van der Waals surface area contributed by atoms with E-state index in [1.54, 1.807) is 11.8 Å². The van der Waals surface area contributed by atoms with Crippen LogP contribution >= 0.6 is 156 Å². The summed E-state index contributed by atoms with van der Waals surface area (Å²) < 4.78 is 0. The van der Waals surface area contributed by atoms with Crippen LogP contribution in [0.2, 0.25) is 0 Å². The molecular formula is C24H87P19. The number of hydrogen-bond donors (Lipinski definition) is 0. The second kappa shape index (κ2) is 52.3. The first kappa shape index (κ1) is 76.0. The van der Waals surface area contributed by atoms with Gasteiger partial charge in [0.05, 0.1) is 0 Å². The van der Waals surface area contributed by atoms with E-state index in [0.717, 1.165) is 21.8 Å². The Morgan fingerprint density at radius 3 is 1.47 bits per heavy atom. The molecule has 0 aliphatic heterocycles. The molecule has 0 fully saturated rings. The fraction of sp³-hybridized carbons (Fsp3) is 1.00. The predicted octanol–water partition coefficient (Wildman–Crippen LogP) is 19.1. The van der Waals surface area contributed by atoms with Crippen LogP contribution in [0.15, 0.2) is 0 Å². The van der Waals surface area contributed by atoms with Crippen LogP contribution in [0, 0.1) is 5.92 Å². The Morgan fingerprint density at radius 1 is 0.628 bits per heavy atom. The molecule has 17 unspecified atom stereocenters. The Bertz CT molecular complexity index is 456. The highest BCUT2D eigenvalue weighted by Crippen LogP contribution is 2.84. The molecule has 0 rings (SSSR count). The maximum atomic E-state index is 3.15. The number of hydrogen-bond acceptors (Lipinski definition) is 0. The lowest BCUT2D eigenvalue weighted by atomic mass is 10.2. The van der Waals surface area contributed by atoms with Gasteiger partial charge in [-0.05, 0) is 94.3 Å². The van der Waals surface area contributed by atoms with E-state index in [4.69, 9.17) is 0 Å². The van der Waals surface area contributed by atoms with Gasteiger partial charge in [0.2, 0.25) is 0 Å². The smallest absolute Gasteiger partial charge is 0.00364 e. The molecule has 0 N–H and O–H groups in total. The standard InChI is InChI=1S/C9H29P9.C7H26P10.8CH4/c1-9(2)4-5-16(11)6-7-17(14-10)8-15(3)18(12)13;1-3-15(13-8)7-16(17(10)11)5-4-12-6-14(2)9;;;;;;;;/h9,14H,4-8,10-13H2,1-3H3;12-13H,3-11H2,1-2H3;8*1H4. The fourth-order valence-corrected chi connectivity index (χ4v) is 52.7. The topological polar surface area (TPSA) is 0 Å². The van der Waals surface area contributed by atoms with Crippen LogP contribution in [0.4, 0.5) is 0 Å². The summed E-state index contributed by atoms with van der Waals surface area (Å²) in [4.78, 5) is 0. The lowest BCUT2D eigenvalue weighted by Crippen LogP contribution is -1.94. The molecule has 17 atom stereocenters. The molecule has 0 radical (unpaired) electrons. The van der Waals surface area contributed by atoms with Crippen molar-refractivity contribution in [2.75, 3.05) is 68.0 Å². The van der Waals surface area contributed by atoms with Gasteiger partial charge >= 0.3 is 0 Å². The highest BCUT2D eigenvalue weighted by Gasteiger charge is 2.17. The van der Waals surface area contributed by atoms with Crippen molar-refractivity contribution in [1.82, 2.24) is 0 Å². The lowest BCUT2D eigenvalue weighted by Gasteiger charge is -2.26. The van der Waals surface area contributed by atoms with Gasteiger partial charge in [0.15, 0.2) is 0 Å². The third-order valence-corrected chi connectivity index (χ3v) is 57.0. The van der Waals surface area contributed by atoms with Crippen LogP contribution in [-0.4, -0.2) is 68.0 Å². The molecule has 0 aromatic carbocycles. The summed E-state index contributed by atoms with van der Waals surface area (Å²) in [5.74, 6) is 5.47. The SMILES string of the molecule is C.C.C.C.C.C.C.C.CC(C)CCP(P)CCP(CP(C)P(P)P)PP.CCP(CP(CCPCP(C)P)P(P)P)PP. The van der Waals surface area contributed by atoms with Crippen LogP contribution in [0.5, 0.6) is 0 Å². The Kier molecular flexibility index (Phi) is 92.4. The van der Waals surface area contributed by atoms with Crippen LogP contribution in [0.1, 0.15) is 86.6 Å². The zero-order valence-corrected chi connectivity index (χ0v) is 41.7. The molecule has 0 heterocycles. The van der Waals surface area contributed by atoms with Crippen molar-refractivity contribution in [3.8, 4) is 0 Å². The second-order valence-corrected chi connectivity index (χ2v) is 61.4. The molecule has 0 nitrogen and oxygen atoms in total. The summed E-state index contributed by atoms with van der Waals surface area (Å²) in [7, 11) is 29.6. The monoisotopic (exact) mass is 964 g/mol. The van der Waals surface area contributed by atoms with E-state index in [2.05, 4.69) is 106 Å². The molecule has 0 saturated carbocycles. The van der Waals surface area contributed by atoms with Gasteiger partial charge in [-0.1, -0.05) is 142 Å². The van der Waals surface area contributed by atoms with Gasteiger partial charge in [-0.3, -0.25) is 0 Å². The van der Waals surface area contributed by atoms with Gasteiger partial charge < -0.3 is 0 Å². The summed E-state index contributed by atoms with van der Waals surface area (Å²) in [5.41, 5.74) is 0. The molecule has 0 aliphatic rings. The average Bonchev–Trinajstić information content (AvgIpc) is 2.79. The third kappa shape index (κ3) is 52.3. The van der Waals surface area contributed by atoms with Crippen molar-refractivity contribution in [2.24, 2.45) is 5.92 Å². The quantitative estimate of drug-likeness (QED) is 0.0843. The Hall–Kier alpha value is 8.17. The van der Waals surface area contributed by atoms with E-state index >= 15 is 0 Å². The summed E-state index contributed by atoms with van der Waals surface area (Å²) in [6.07, 6.45) is 10.4. The molecule has 0 bridgehead atoms. The minimum atomic E-state index is 0. The van der Waals surface area contributed by atoms with Crippen LogP contribution in [0.3, 0.4) is 0 Å². The molecule has 43 heavy (non-hydrogen) atoms. The molecule has 0 aromatic heterocycles. The minimum Gasteiger partial charge on any atom is -0.117 e. The lowest BCUT2D eigenvalue weighted by molar-refractivity contribution is 0.630. The first-order valence-corrected chi connectivity index (χ1v) is 44.8. The highest BCUT2D eigenvalue weighted by atomic mass is 32.7.